The highest BCUT2D eigenvalue weighted by Gasteiger charge is 2.12. The quantitative estimate of drug-likeness (QED) is 0.237. The Morgan fingerprint density at radius 3 is 2.88 bits per heavy atom. The molecule has 0 aliphatic carbocycles. The molecule has 0 spiro atoms. The average Bonchev–Trinajstić information content (AvgIpc) is 2.56. The predicted molar refractivity (Wildman–Crippen MR) is 87.9 cm³/mol. The SMILES string of the molecule is O=[N+]([O-])c1cc[n+]([O-])c(NCCCOc2cccc(CCO)c2)c1. The molecule has 128 valence electrons. The van der Waals surface area contributed by atoms with Crippen LogP contribution in [0.25, 0.3) is 0 Å². The number of nitrogens with zero attached hydrogens (tertiary/aromatic N) is 2. The Balaban J connectivity index is 1.78. The lowest BCUT2D eigenvalue weighted by atomic mass is 10.1. The molecule has 1 heterocycles. The number of aliphatic hydroxyl groups excluding tert-OH is 1. The van der Waals surface area contributed by atoms with Gasteiger partial charge in [-0.1, -0.05) is 12.1 Å². The molecule has 0 amide bonds. The van der Waals surface area contributed by atoms with Crippen LogP contribution in [0.5, 0.6) is 5.75 Å². The van der Waals surface area contributed by atoms with Gasteiger partial charge < -0.3 is 15.1 Å². The van der Waals surface area contributed by atoms with Crippen molar-refractivity contribution >= 4 is 11.5 Å². The summed E-state index contributed by atoms with van der Waals surface area (Å²) in [7, 11) is 0. The zero-order valence-electron chi connectivity index (χ0n) is 13.1. The summed E-state index contributed by atoms with van der Waals surface area (Å²) in [5.41, 5.74) is 0.860. The molecule has 2 rings (SSSR count). The summed E-state index contributed by atoms with van der Waals surface area (Å²) in [5, 5.41) is 34.0. The first kappa shape index (κ1) is 17.5. The fraction of sp³-hybridized carbons (Fsp3) is 0.312. The Kier molecular flexibility index (Phi) is 6.32. The third kappa shape index (κ3) is 5.10. The van der Waals surface area contributed by atoms with Crippen molar-refractivity contribution in [2.24, 2.45) is 0 Å². The monoisotopic (exact) mass is 333 g/mol. The minimum atomic E-state index is -0.548. The number of anilines is 1. The highest BCUT2D eigenvalue weighted by molar-refractivity contribution is 5.40. The number of aliphatic hydroxyl groups is 1. The van der Waals surface area contributed by atoms with Crippen LogP contribution in [0.4, 0.5) is 11.5 Å². The lowest BCUT2D eigenvalue weighted by Crippen LogP contribution is -2.30. The van der Waals surface area contributed by atoms with E-state index in [9.17, 15) is 15.3 Å². The van der Waals surface area contributed by atoms with Crippen LogP contribution in [0.15, 0.2) is 42.6 Å². The minimum absolute atomic E-state index is 0.0891. The van der Waals surface area contributed by atoms with Crippen LogP contribution in [-0.4, -0.2) is 29.8 Å². The van der Waals surface area contributed by atoms with E-state index in [-0.39, 0.29) is 18.1 Å². The third-order valence-corrected chi connectivity index (χ3v) is 3.31. The third-order valence-electron chi connectivity index (χ3n) is 3.31. The molecule has 0 saturated carbocycles. The molecule has 1 aromatic heterocycles. The number of benzene rings is 1. The van der Waals surface area contributed by atoms with Crippen LogP contribution in [0, 0.1) is 15.3 Å². The lowest BCUT2D eigenvalue weighted by Gasteiger charge is -2.09. The Morgan fingerprint density at radius 2 is 2.12 bits per heavy atom. The molecule has 0 aliphatic rings. The largest absolute Gasteiger partial charge is 0.711 e. The summed E-state index contributed by atoms with van der Waals surface area (Å²) < 4.78 is 6.16. The fourth-order valence-electron chi connectivity index (χ4n) is 2.12. The average molecular weight is 333 g/mol. The fourth-order valence-corrected chi connectivity index (χ4v) is 2.12. The van der Waals surface area contributed by atoms with Crippen LogP contribution < -0.4 is 14.8 Å². The zero-order chi connectivity index (χ0) is 17.4. The van der Waals surface area contributed by atoms with Gasteiger partial charge in [-0.15, -0.1) is 0 Å². The molecule has 8 nitrogen and oxygen atoms in total. The Morgan fingerprint density at radius 1 is 1.29 bits per heavy atom. The summed E-state index contributed by atoms with van der Waals surface area (Å²) >= 11 is 0. The second-order valence-electron chi connectivity index (χ2n) is 5.10. The Labute approximate surface area is 139 Å². The lowest BCUT2D eigenvalue weighted by molar-refractivity contribution is -0.591. The van der Waals surface area contributed by atoms with Gasteiger partial charge in [-0.2, -0.15) is 0 Å². The number of rotatable bonds is 9. The number of hydrogen-bond acceptors (Lipinski definition) is 6. The topological polar surface area (TPSA) is 112 Å². The van der Waals surface area contributed by atoms with Crippen LogP contribution in [0.1, 0.15) is 12.0 Å². The van der Waals surface area contributed by atoms with Gasteiger partial charge in [0.25, 0.3) is 11.5 Å². The maximum absolute atomic E-state index is 11.6. The molecule has 2 N–H and O–H groups in total. The zero-order valence-corrected chi connectivity index (χ0v) is 13.1. The Hall–Kier alpha value is -2.87. The number of aromatic nitrogens is 1. The van der Waals surface area contributed by atoms with Gasteiger partial charge in [0, 0.05) is 13.0 Å². The molecule has 0 radical (unpaired) electrons. The van der Waals surface area contributed by atoms with E-state index in [0.717, 1.165) is 23.6 Å². The van der Waals surface area contributed by atoms with Gasteiger partial charge in [-0.05, 0) is 24.1 Å². The van der Waals surface area contributed by atoms with Crippen molar-refractivity contribution in [2.45, 2.75) is 12.8 Å². The van der Waals surface area contributed by atoms with Crippen molar-refractivity contribution in [3.63, 3.8) is 0 Å². The van der Waals surface area contributed by atoms with Gasteiger partial charge >= 0.3 is 0 Å². The number of ether oxygens (including phenoxy) is 1. The van der Waals surface area contributed by atoms with Gasteiger partial charge in [-0.25, -0.2) is 4.73 Å². The van der Waals surface area contributed by atoms with Crippen LogP contribution in [0.2, 0.25) is 0 Å². The maximum Gasteiger partial charge on any atom is 0.284 e. The van der Waals surface area contributed by atoms with E-state index in [0.29, 0.717) is 30.7 Å². The van der Waals surface area contributed by atoms with Gasteiger partial charge in [0.15, 0.2) is 0 Å². The van der Waals surface area contributed by atoms with E-state index < -0.39 is 4.92 Å². The van der Waals surface area contributed by atoms with Crippen LogP contribution >= 0.6 is 0 Å². The molecule has 24 heavy (non-hydrogen) atoms. The second kappa shape index (κ2) is 8.68. The molecule has 0 aliphatic heterocycles. The molecule has 2 aromatic rings. The van der Waals surface area contributed by atoms with E-state index in [4.69, 9.17) is 9.84 Å². The normalized spacial score (nSPS) is 10.4. The first-order valence-corrected chi connectivity index (χ1v) is 7.54. The standard InChI is InChI=1S/C16H19N3O5/c20-9-6-13-3-1-4-15(11-13)24-10-2-7-17-16-12-14(19(22)23)5-8-18(16)21/h1,3-5,8,11-12,17,20H,2,6-7,9-10H2. The van der Waals surface area contributed by atoms with Gasteiger partial charge in [0.05, 0.1) is 24.1 Å². The van der Waals surface area contributed by atoms with E-state index >= 15 is 0 Å². The molecular weight excluding hydrogens is 314 g/mol. The number of nitro groups is 1. The summed E-state index contributed by atoms with van der Waals surface area (Å²) in [5.74, 6) is 0.851. The van der Waals surface area contributed by atoms with Crippen molar-refractivity contribution in [3.8, 4) is 5.75 Å². The highest BCUT2D eigenvalue weighted by Crippen LogP contribution is 2.15. The van der Waals surface area contributed by atoms with Crippen molar-refractivity contribution in [3.05, 3.63) is 63.5 Å². The van der Waals surface area contributed by atoms with Crippen LogP contribution in [0.3, 0.4) is 0 Å². The molecular formula is C16H19N3O5. The maximum atomic E-state index is 11.6. The molecule has 0 fully saturated rings. The van der Waals surface area contributed by atoms with Gasteiger partial charge in [0.1, 0.15) is 18.0 Å². The first-order chi connectivity index (χ1) is 11.6. The second-order valence-corrected chi connectivity index (χ2v) is 5.10. The number of pyridine rings is 1. The van der Waals surface area contributed by atoms with Crippen molar-refractivity contribution < 1.29 is 19.5 Å². The molecule has 1 aromatic carbocycles. The summed E-state index contributed by atoms with van der Waals surface area (Å²) in [6.07, 6.45) is 2.30. The van der Waals surface area contributed by atoms with Gasteiger partial charge in [0.2, 0.25) is 0 Å². The van der Waals surface area contributed by atoms with Gasteiger partial charge in [-0.3, -0.25) is 15.4 Å². The minimum Gasteiger partial charge on any atom is -0.711 e. The number of hydrogen-bond donors (Lipinski definition) is 2. The highest BCUT2D eigenvalue weighted by atomic mass is 16.6. The van der Waals surface area contributed by atoms with E-state index in [2.05, 4.69) is 5.32 Å². The van der Waals surface area contributed by atoms with Crippen LogP contribution in [-0.2, 0) is 6.42 Å². The Bertz CT molecular complexity index is 693. The van der Waals surface area contributed by atoms with Crippen molar-refractivity contribution in [1.82, 2.24) is 0 Å². The molecule has 0 atom stereocenters. The summed E-state index contributed by atoms with van der Waals surface area (Å²) in [6.45, 7) is 0.967. The molecule has 0 bridgehead atoms. The summed E-state index contributed by atoms with van der Waals surface area (Å²) in [6, 6.07) is 9.84. The van der Waals surface area contributed by atoms with E-state index in [1.165, 1.54) is 6.07 Å². The molecule has 0 saturated heterocycles. The van der Waals surface area contributed by atoms with E-state index in [1.807, 2.05) is 24.3 Å². The molecule has 8 heteroatoms. The summed E-state index contributed by atoms with van der Waals surface area (Å²) in [4.78, 5) is 10.2. The predicted octanol–water partition coefficient (Wildman–Crippen LogP) is 1.64. The van der Waals surface area contributed by atoms with Crippen molar-refractivity contribution in [1.29, 1.82) is 0 Å². The first-order valence-electron chi connectivity index (χ1n) is 7.54. The smallest absolute Gasteiger partial charge is 0.284 e. The number of nitrogens with one attached hydrogen (secondary N) is 1. The van der Waals surface area contributed by atoms with Crippen molar-refractivity contribution in [2.75, 3.05) is 25.1 Å². The van der Waals surface area contributed by atoms with E-state index in [1.54, 1.807) is 0 Å². The molecule has 0 unspecified atom stereocenters.